The Labute approximate surface area is 130 Å². The molecule has 1 unspecified atom stereocenters. The van der Waals surface area contributed by atoms with Crippen LogP contribution in [-0.4, -0.2) is 27.1 Å². The van der Waals surface area contributed by atoms with Crippen LogP contribution in [0.5, 0.6) is 0 Å². The van der Waals surface area contributed by atoms with Crippen molar-refractivity contribution in [2.45, 2.75) is 32.4 Å². The minimum Gasteiger partial charge on any atom is -0.312 e. The van der Waals surface area contributed by atoms with Crippen LogP contribution in [0.25, 0.3) is 22.6 Å². The number of imidazole rings is 1. The van der Waals surface area contributed by atoms with Gasteiger partial charge < -0.3 is 9.88 Å². The first-order chi connectivity index (χ1) is 10.8. The average Bonchev–Trinajstić information content (AvgIpc) is 3.16. The van der Waals surface area contributed by atoms with E-state index in [1.165, 1.54) is 18.4 Å². The smallest absolute Gasteiger partial charge is 0.160 e. The Kier molecular flexibility index (Phi) is 3.39. The summed E-state index contributed by atoms with van der Waals surface area (Å²) in [5.41, 5.74) is 4.36. The minimum absolute atomic E-state index is 0.517. The van der Waals surface area contributed by atoms with E-state index in [1.54, 1.807) is 0 Å². The molecule has 0 spiro atoms. The Morgan fingerprint density at radius 3 is 3.05 bits per heavy atom. The summed E-state index contributed by atoms with van der Waals surface area (Å²) in [7, 11) is 0. The number of hydrogen-bond acceptors (Lipinski definition) is 3. The lowest BCUT2D eigenvalue weighted by Gasteiger charge is -2.14. The normalized spacial score (nSPS) is 18.1. The Morgan fingerprint density at radius 2 is 2.23 bits per heavy atom. The molecule has 1 fully saturated rings. The highest BCUT2D eigenvalue weighted by Gasteiger charge is 2.19. The molecule has 0 amide bonds. The molecule has 112 valence electrons. The van der Waals surface area contributed by atoms with E-state index in [1.807, 2.05) is 18.3 Å². The fourth-order valence-corrected chi connectivity index (χ4v) is 3.27. The summed E-state index contributed by atoms with van der Waals surface area (Å²) in [6.45, 7) is 4.16. The van der Waals surface area contributed by atoms with Gasteiger partial charge in [0.1, 0.15) is 11.3 Å². The lowest BCUT2D eigenvalue weighted by atomic mass is 10.1. The second kappa shape index (κ2) is 5.54. The summed E-state index contributed by atoms with van der Waals surface area (Å²) in [5, 5.41) is 3.57. The predicted molar refractivity (Wildman–Crippen MR) is 88.7 cm³/mol. The summed E-state index contributed by atoms with van der Waals surface area (Å²) in [4.78, 5) is 9.40. The van der Waals surface area contributed by atoms with E-state index >= 15 is 0 Å². The second-order valence-corrected chi connectivity index (χ2v) is 6.05. The maximum absolute atomic E-state index is 4.84. The number of rotatable bonds is 3. The minimum atomic E-state index is 0.517. The third-order valence-corrected chi connectivity index (χ3v) is 4.35. The molecule has 4 heteroatoms. The van der Waals surface area contributed by atoms with Gasteiger partial charge in [0.05, 0.1) is 0 Å². The molecule has 1 atom stereocenters. The molecule has 1 aliphatic heterocycles. The van der Waals surface area contributed by atoms with Crippen molar-refractivity contribution in [1.82, 2.24) is 19.9 Å². The Balaban J connectivity index is 1.85. The van der Waals surface area contributed by atoms with Crippen LogP contribution in [0.3, 0.4) is 0 Å². The Hall–Kier alpha value is -2.20. The first-order valence-corrected chi connectivity index (χ1v) is 7.93. The molecule has 1 aromatic carbocycles. The number of benzene rings is 1. The number of hydrogen-bond donors (Lipinski definition) is 1. The van der Waals surface area contributed by atoms with Crippen molar-refractivity contribution < 1.29 is 0 Å². The van der Waals surface area contributed by atoms with E-state index in [0.29, 0.717) is 6.04 Å². The van der Waals surface area contributed by atoms with Crippen molar-refractivity contribution in [3.05, 3.63) is 48.2 Å². The lowest BCUT2D eigenvalue weighted by molar-refractivity contribution is 0.518. The third-order valence-electron chi connectivity index (χ3n) is 4.35. The van der Waals surface area contributed by atoms with E-state index < -0.39 is 0 Å². The van der Waals surface area contributed by atoms with Gasteiger partial charge in [0.2, 0.25) is 0 Å². The molecule has 0 bridgehead atoms. The first kappa shape index (κ1) is 13.5. The van der Waals surface area contributed by atoms with E-state index in [2.05, 4.69) is 46.1 Å². The molecule has 3 aromatic rings. The fourth-order valence-electron chi connectivity index (χ4n) is 3.27. The molecule has 4 nitrogen and oxygen atoms in total. The zero-order valence-corrected chi connectivity index (χ0v) is 12.8. The Bertz CT molecular complexity index is 800. The van der Waals surface area contributed by atoms with Crippen molar-refractivity contribution in [2.24, 2.45) is 0 Å². The van der Waals surface area contributed by atoms with Gasteiger partial charge in [-0.25, -0.2) is 9.97 Å². The molecule has 3 heterocycles. The Morgan fingerprint density at radius 1 is 1.27 bits per heavy atom. The van der Waals surface area contributed by atoms with Gasteiger partial charge in [-0.05, 0) is 44.5 Å². The maximum Gasteiger partial charge on any atom is 0.160 e. The fraction of sp³-hybridized carbons (Fsp3) is 0.333. The molecular weight excluding hydrogens is 272 g/mol. The van der Waals surface area contributed by atoms with Crippen molar-refractivity contribution >= 4 is 11.2 Å². The van der Waals surface area contributed by atoms with Gasteiger partial charge in [-0.1, -0.05) is 23.8 Å². The van der Waals surface area contributed by atoms with E-state index in [4.69, 9.17) is 4.98 Å². The van der Waals surface area contributed by atoms with Crippen molar-refractivity contribution in [2.75, 3.05) is 6.54 Å². The summed E-state index contributed by atoms with van der Waals surface area (Å²) in [6.07, 6.45) is 4.33. The lowest BCUT2D eigenvalue weighted by Crippen LogP contribution is -2.27. The number of pyridine rings is 1. The first-order valence-electron chi connectivity index (χ1n) is 7.93. The van der Waals surface area contributed by atoms with Crippen LogP contribution in [0, 0.1) is 6.92 Å². The number of fused-ring (bicyclic) bond motifs is 1. The summed E-state index contributed by atoms with van der Waals surface area (Å²) in [5.74, 6) is 1.02. The van der Waals surface area contributed by atoms with Crippen molar-refractivity contribution in [3.63, 3.8) is 0 Å². The van der Waals surface area contributed by atoms with Crippen LogP contribution < -0.4 is 5.32 Å². The van der Waals surface area contributed by atoms with E-state index in [-0.39, 0.29) is 0 Å². The van der Waals surface area contributed by atoms with Gasteiger partial charge in [-0.3, -0.25) is 0 Å². The summed E-state index contributed by atoms with van der Waals surface area (Å²) >= 11 is 0. The summed E-state index contributed by atoms with van der Waals surface area (Å²) in [6, 6.07) is 13.0. The van der Waals surface area contributed by atoms with Crippen LogP contribution in [-0.2, 0) is 6.54 Å². The van der Waals surface area contributed by atoms with Gasteiger partial charge in [-0.2, -0.15) is 0 Å². The SMILES string of the molecule is Cc1cccc(-c2nc3cccnc3n2CC2CCCN2)c1. The molecule has 1 saturated heterocycles. The largest absolute Gasteiger partial charge is 0.312 e. The molecule has 22 heavy (non-hydrogen) atoms. The third kappa shape index (κ3) is 2.40. The molecule has 4 rings (SSSR count). The van der Waals surface area contributed by atoms with Crippen molar-refractivity contribution in [1.29, 1.82) is 0 Å². The van der Waals surface area contributed by atoms with Crippen LogP contribution in [0.1, 0.15) is 18.4 Å². The number of aromatic nitrogens is 3. The molecule has 0 radical (unpaired) electrons. The highest BCUT2D eigenvalue weighted by molar-refractivity contribution is 5.77. The number of nitrogens with zero attached hydrogens (tertiary/aromatic N) is 3. The molecular formula is C18H20N4. The van der Waals surface area contributed by atoms with Gasteiger partial charge >= 0.3 is 0 Å². The van der Waals surface area contributed by atoms with Gasteiger partial charge in [0, 0.05) is 24.3 Å². The van der Waals surface area contributed by atoms with Crippen molar-refractivity contribution in [3.8, 4) is 11.4 Å². The molecule has 1 aliphatic rings. The molecule has 0 aliphatic carbocycles. The van der Waals surface area contributed by atoms with Crippen LogP contribution in [0.15, 0.2) is 42.6 Å². The van der Waals surface area contributed by atoms with E-state index in [9.17, 15) is 0 Å². The monoisotopic (exact) mass is 292 g/mol. The highest BCUT2D eigenvalue weighted by Crippen LogP contribution is 2.25. The second-order valence-electron chi connectivity index (χ2n) is 6.05. The maximum atomic E-state index is 4.84. The van der Waals surface area contributed by atoms with Gasteiger partial charge in [0.15, 0.2) is 5.65 Å². The standard InChI is InChI=1S/C18H20N4/c1-13-5-2-6-14(11-13)17-21-16-8-4-10-20-18(16)22(17)12-15-7-3-9-19-15/h2,4-6,8,10-11,15,19H,3,7,9,12H2,1H3. The van der Waals surface area contributed by atoms with Gasteiger partial charge in [0.25, 0.3) is 0 Å². The molecule has 0 saturated carbocycles. The van der Waals surface area contributed by atoms with E-state index in [0.717, 1.165) is 35.6 Å². The number of aryl methyl sites for hydroxylation is 1. The predicted octanol–water partition coefficient (Wildman–Crippen LogP) is 3.16. The quantitative estimate of drug-likeness (QED) is 0.806. The van der Waals surface area contributed by atoms with Gasteiger partial charge in [-0.15, -0.1) is 0 Å². The highest BCUT2D eigenvalue weighted by atomic mass is 15.2. The zero-order valence-electron chi connectivity index (χ0n) is 12.8. The zero-order chi connectivity index (χ0) is 14.9. The average molecular weight is 292 g/mol. The molecule has 1 N–H and O–H groups in total. The van der Waals surface area contributed by atoms with Crippen LogP contribution >= 0.6 is 0 Å². The van der Waals surface area contributed by atoms with Crippen LogP contribution in [0.4, 0.5) is 0 Å². The molecule has 2 aromatic heterocycles. The topological polar surface area (TPSA) is 42.7 Å². The van der Waals surface area contributed by atoms with Crippen LogP contribution in [0.2, 0.25) is 0 Å². The number of nitrogens with one attached hydrogen (secondary N) is 1. The summed E-state index contributed by atoms with van der Waals surface area (Å²) < 4.78 is 2.27.